The van der Waals surface area contributed by atoms with E-state index in [1.807, 2.05) is 6.07 Å². The third-order valence-electron chi connectivity index (χ3n) is 6.06. The maximum atomic E-state index is 14.1. The molecular formula is C27H23FN2O4. The van der Waals surface area contributed by atoms with Crippen molar-refractivity contribution in [3.05, 3.63) is 88.9 Å². The molecule has 7 heteroatoms. The zero-order chi connectivity index (χ0) is 23.8. The summed E-state index contributed by atoms with van der Waals surface area (Å²) in [7, 11) is 0. The molecule has 3 aromatic carbocycles. The molecule has 172 valence electrons. The van der Waals surface area contributed by atoms with E-state index in [0.29, 0.717) is 45.0 Å². The van der Waals surface area contributed by atoms with Crippen LogP contribution in [0, 0.1) is 5.82 Å². The van der Waals surface area contributed by atoms with Gasteiger partial charge < -0.3 is 20.6 Å². The Morgan fingerprint density at radius 3 is 2.59 bits per heavy atom. The lowest BCUT2D eigenvalue weighted by atomic mass is 9.98. The Hall–Kier alpha value is -3.97. The van der Waals surface area contributed by atoms with E-state index in [0.717, 1.165) is 24.0 Å². The molecule has 1 saturated carbocycles. The quantitative estimate of drug-likeness (QED) is 0.341. The van der Waals surface area contributed by atoms with E-state index in [1.165, 1.54) is 6.07 Å². The number of anilines is 1. The molecule has 4 aromatic rings. The molecule has 1 heterocycles. The largest absolute Gasteiger partial charge is 0.481 e. The summed E-state index contributed by atoms with van der Waals surface area (Å²) in [6.07, 6.45) is 1.93. The summed E-state index contributed by atoms with van der Waals surface area (Å²) in [4.78, 5) is 24.4. The van der Waals surface area contributed by atoms with Gasteiger partial charge in [0.1, 0.15) is 17.2 Å². The first-order valence-electron chi connectivity index (χ1n) is 11.1. The smallest absolute Gasteiger partial charge is 0.307 e. The van der Waals surface area contributed by atoms with E-state index in [1.54, 1.807) is 48.5 Å². The summed E-state index contributed by atoms with van der Waals surface area (Å²) in [5.41, 5.74) is 9.42. The molecule has 1 aliphatic rings. The van der Waals surface area contributed by atoms with Crippen LogP contribution in [0.3, 0.4) is 0 Å². The SMILES string of the molecule is NCc1cc(-c2cc(C(=O)Nc3ccccc3CC(=O)O)cc3cc(C4CC4)oc23)ccc1F. The van der Waals surface area contributed by atoms with Crippen molar-refractivity contribution in [2.45, 2.75) is 31.7 Å². The Morgan fingerprint density at radius 1 is 1.06 bits per heavy atom. The number of para-hydroxylation sites is 1. The molecule has 1 fully saturated rings. The molecule has 4 N–H and O–H groups in total. The first-order chi connectivity index (χ1) is 16.4. The lowest BCUT2D eigenvalue weighted by Gasteiger charge is -2.12. The normalized spacial score (nSPS) is 13.2. The minimum atomic E-state index is -0.983. The molecule has 0 unspecified atom stereocenters. The van der Waals surface area contributed by atoms with Gasteiger partial charge in [-0.2, -0.15) is 0 Å². The Morgan fingerprint density at radius 2 is 1.85 bits per heavy atom. The number of nitrogens with one attached hydrogen (secondary N) is 1. The fourth-order valence-electron chi connectivity index (χ4n) is 4.14. The third kappa shape index (κ3) is 4.30. The zero-order valence-electron chi connectivity index (χ0n) is 18.3. The predicted octanol–water partition coefficient (Wildman–Crippen LogP) is 5.45. The number of carboxylic acid groups (broad SMARTS) is 1. The Labute approximate surface area is 195 Å². The number of carboxylic acids is 1. The van der Waals surface area contributed by atoms with Crippen LogP contribution in [0.4, 0.5) is 10.1 Å². The minimum Gasteiger partial charge on any atom is -0.481 e. The molecule has 0 aliphatic heterocycles. The highest BCUT2D eigenvalue weighted by molar-refractivity contribution is 6.09. The van der Waals surface area contributed by atoms with Crippen LogP contribution in [0.1, 0.15) is 46.0 Å². The fraction of sp³-hybridized carbons (Fsp3) is 0.185. The number of benzene rings is 3. The van der Waals surface area contributed by atoms with Gasteiger partial charge in [0.2, 0.25) is 0 Å². The number of fused-ring (bicyclic) bond motifs is 1. The lowest BCUT2D eigenvalue weighted by molar-refractivity contribution is -0.136. The number of furan rings is 1. The van der Waals surface area contributed by atoms with E-state index in [9.17, 15) is 19.1 Å². The van der Waals surface area contributed by atoms with Crippen LogP contribution in [-0.2, 0) is 17.8 Å². The number of hydrogen-bond acceptors (Lipinski definition) is 4. The van der Waals surface area contributed by atoms with Gasteiger partial charge >= 0.3 is 5.97 Å². The van der Waals surface area contributed by atoms with E-state index in [-0.39, 0.29) is 24.7 Å². The number of aliphatic carboxylic acids is 1. The fourth-order valence-corrected chi connectivity index (χ4v) is 4.14. The number of rotatable bonds is 7. The molecule has 6 nitrogen and oxygen atoms in total. The van der Waals surface area contributed by atoms with E-state index in [4.69, 9.17) is 10.2 Å². The number of halogens is 1. The van der Waals surface area contributed by atoms with Gasteiger partial charge in [-0.15, -0.1) is 0 Å². The van der Waals surface area contributed by atoms with Gasteiger partial charge in [0, 0.05) is 40.2 Å². The first-order valence-corrected chi connectivity index (χ1v) is 11.1. The van der Waals surface area contributed by atoms with Crippen molar-refractivity contribution in [3.8, 4) is 11.1 Å². The van der Waals surface area contributed by atoms with Crippen LogP contribution in [0.25, 0.3) is 22.1 Å². The molecule has 0 bridgehead atoms. The highest BCUT2D eigenvalue weighted by Gasteiger charge is 2.28. The Balaban J connectivity index is 1.58. The molecule has 0 radical (unpaired) electrons. The summed E-state index contributed by atoms with van der Waals surface area (Å²) >= 11 is 0. The van der Waals surface area contributed by atoms with Crippen molar-refractivity contribution in [1.82, 2.24) is 0 Å². The van der Waals surface area contributed by atoms with Gasteiger partial charge in [-0.3, -0.25) is 9.59 Å². The number of nitrogens with two attached hydrogens (primary N) is 1. The van der Waals surface area contributed by atoms with Gasteiger partial charge in [0.15, 0.2) is 0 Å². The second kappa shape index (κ2) is 8.76. The Kier molecular flexibility index (Phi) is 5.63. The average Bonchev–Trinajstić information content (AvgIpc) is 3.58. The standard InChI is InChI=1S/C27H23FN2O4/c28-22-8-7-16(9-20(22)14-29)21-11-19(10-18-12-24(15-5-6-15)34-26(18)21)27(33)30-23-4-2-1-3-17(23)13-25(31)32/h1-4,7-12,15H,5-6,13-14,29H2,(H,30,33)(H,31,32). The second-order valence-corrected chi connectivity index (χ2v) is 8.56. The number of carbonyl (C=O) groups is 2. The second-order valence-electron chi connectivity index (χ2n) is 8.56. The van der Waals surface area contributed by atoms with Crippen molar-refractivity contribution >= 4 is 28.5 Å². The van der Waals surface area contributed by atoms with Gasteiger partial charge in [-0.25, -0.2) is 4.39 Å². The van der Waals surface area contributed by atoms with Gasteiger partial charge in [-0.1, -0.05) is 24.3 Å². The molecule has 0 saturated heterocycles. The minimum absolute atomic E-state index is 0.0504. The van der Waals surface area contributed by atoms with E-state index < -0.39 is 5.97 Å². The van der Waals surface area contributed by atoms with Gasteiger partial charge in [0.05, 0.1) is 6.42 Å². The predicted molar refractivity (Wildman–Crippen MR) is 127 cm³/mol. The number of carbonyl (C=O) groups excluding carboxylic acids is 1. The van der Waals surface area contributed by atoms with Crippen molar-refractivity contribution < 1.29 is 23.5 Å². The molecule has 1 aromatic heterocycles. The third-order valence-corrected chi connectivity index (χ3v) is 6.06. The van der Waals surface area contributed by atoms with Crippen LogP contribution in [-0.4, -0.2) is 17.0 Å². The molecule has 1 aliphatic carbocycles. The lowest BCUT2D eigenvalue weighted by Crippen LogP contribution is -2.14. The Bertz CT molecular complexity index is 1420. The molecule has 0 atom stereocenters. The zero-order valence-corrected chi connectivity index (χ0v) is 18.3. The van der Waals surface area contributed by atoms with Crippen LogP contribution < -0.4 is 11.1 Å². The van der Waals surface area contributed by atoms with Crippen molar-refractivity contribution in [1.29, 1.82) is 0 Å². The van der Waals surface area contributed by atoms with Crippen molar-refractivity contribution in [2.24, 2.45) is 5.73 Å². The van der Waals surface area contributed by atoms with E-state index >= 15 is 0 Å². The summed E-state index contributed by atoms with van der Waals surface area (Å²) in [5, 5.41) is 12.8. The number of hydrogen-bond donors (Lipinski definition) is 3. The highest BCUT2D eigenvalue weighted by Crippen LogP contribution is 2.44. The maximum Gasteiger partial charge on any atom is 0.307 e. The molecule has 1 amide bonds. The van der Waals surface area contributed by atoms with Crippen LogP contribution in [0.15, 0.2) is 65.1 Å². The van der Waals surface area contributed by atoms with Crippen molar-refractivity contribution in [3.63, 3.8) is 0 Å². The topological polar surface area (TPSA) is 106 Å². The first kappa shape index (κ1) is 21.9. The summed E-state index contributed by atoms with van der Waals surface area (Å²) in [5.74, 6) is -0.487. The number of amides is 1. The molecule has 0 spiro atoms. The van der Waals surface area contributed by atoms with Gasteiger partial charge in [0.25, 0.3) is 5.91 Å². The molecular weight excluding hydrogens is 435 g/mol. The maximum absolute atomic E-state index is 14.1. The van der Waals surface area contributed by atoms with Crippen LogP contribution in [0.5, 0.6) is 0 Å². The van der Waals surface area contributed by atoms with E-state index in [2.05, 4.69) is 5.32 Å². The molecule has 5 rings (SSSR count). The van der Waals surface area contributed by atoms with Gasteiger partial charge in [-0.05, 0) is 60.4 Å². The summed E-state index contributed by atoms with van der Waals surface area (Å²) in [6, 6.07) is 16.9. The summed E-state index contributed by atoms with van der Waals surface area (Å²) in [6.45, 7) is 0.0504. The average molecular weight is 458 g/mol. The molecule has 34 heavy (non-hydrogen) atoms. The summed E-state index contributed by atoms with van der Waals surface area (Å²) < 4.78 is 20.3. The van der Waals surface area contributed by atoms with Crippen LogP contribution >= 0.6 is 0 Å². The monoisotopic (exact) mass is 458 g/mol. The highest BCUT2D eigenvalue weighted by atomic mass is 19.1. The van der Waals surface area contributed by atoms with Crippen molar-refractivity contribution in [2.75, 3.05) is 5.32 Å². The van der Waals surface area contributed by atoms with Crippen LogP contribution in [0.2, 0.25) is 0 Å².